The molecule has 0 aromatic rings. The van der Waals surface area contributed by atoms with Crippen LogP contribution in [0.3, 0.4) is 0 Å². The van der Waals surface area contributed by atoms with Crippen LogP contribution in [0, 0.1) is 0 Å². The van der Waals surface area contributed by atoms with E-state index in [9.17, 15) is 4.79 Å². The lowest BCUT2D eigenvalue weighted by molar-refractivity contribution is -0.120. The van der Waals surface area contributed by atoms with Crippen molar-refractivity contribution in [2.45, 2.75) is 45.2 Å². The third-order valence-corrected chi connectivity index (χ3v) is 3.32. The summed E-state index contributed by atoms with van der Waals surface area (Å²) in [5.74, 6) is 0.260. The van der Waals surface area contributed by atoms with Gasteiger partial charge in [0.25, 0.3) is 0 Å². The van der Waals surface area contributed by atoms with Gasteiger partial charge in [-0.25, -0.2) is 0 Å². The summed E-state index contributed by atoms with van der Waals surface area (Å²) in [5.41, 5.74) is 0.266. The van der Waals surface area contributed by atoms with Gasteiger partial charge in [-0.15, -0.1) is 8.58 Å². The minimum Gasteiger partial charge on any atom is -0.356 e. The molecule has 0 aliphatic rings. The fourth-order valence-corrected chi connectivity index (χ4v) is 2.15. The summed E-state index contributed by atoms with van der Waals surface area (Å²) in [6, 6.07) is 0. The molecule has 0 aromatic carbocycles. The lowest BCUT2D eigenvalue weighted by Gasteiger charge is -2.13. The molecule has 2 nitrogen and oxygen atoms in total. The number of nitrogens with one attached hydrogen (secondary N) is 1. The molecule has 13 heavy (non-hydrogen) atoms. The number of carbonyl (C=O) groups excluding carboxylic acids is 1. The molecule has 1 amide bonds. The zero-order valence-electron chi connectivity index (χ0n) is 9.02. The third-order valence-electron chi connectivity index (χ3n) is 2.07. The lowest BCUT2D eigenvalue weighted by Crippen LogP contribution is -2.32. The van der Waals surface area contributed by atoms with Gasteiger partial charge in [-0.2, -0.15) is 0 Å². The number of unbranched alkanes of at least 4 members (excludes halogenated alkanes) is 1. The minimum absolute atomic E-state index is 0.260. The zero-order valence-corrected chi connectivity index (χ0v) is 10.0. The lowest BCUT2D eigenvalue weighted by atomic mass is 10.2. The zero-order chi connectivity index (χ0) is 10.1. The predicted molar refractivity (Wildman–Crippen MR) is 60.9 cm³/mol. The number of amides is 1. The van der Waals surface area contributed by atoms with Crippen molar-refractivity contribution in [1.82, 2.24) is 5.32 Å². The highest BCUT2D eigenvalue weighted by Gasteiger charge is 2.13. The SMILES string of the molecule is CCCCNC(=O)C(CCC)PC. The van der Waals surface area contributed by atoms with Crippen molar-refractivity contribution in [2.24, 2.45) is 0 Å². The van der Waals surface area contributed by atoms with Gasteiger partial charge in [0.15, 0.2) is 0 Å². The number of hydrogen-bond acceptors (Lipinski definition) is 1. The van der Waals surface area contributed by atoms with Crippen molar-refractivity contribution in [3.63, 3.8) is 0 Å². The number of rotatable bonds is 7. The smallest absolute Gasteiger partial charge is 0.227 e. The van der Waals surface area contributed by atoms with Crippen molar-refractivity contribution in [2.75, 3.05) is 13.2 Å². The van der Waals surface area contributed by atoms with Crippen molar-refractivity contribution in [1.29, 1.82) is 0 Å². The van der Waals surface area contributed by atoms with Gasteiger partial charge >= 0.3 is 0 Å². The summed E-state index contributed by atoms with van der Waals surface area (Å²) in [4.78, 5) is 11.5. The van der Waals surface area contributed by atoms with E-state index in [1.54, 1.807) is 0 Å². The molecule has 1 N–H and O–H groups in total. The molecule has 2 unspecified atom stereocenters. The first-order chi connectivity index (χ1) is 6.26. The van der Waals surface area contributed by atoms with E-state index in [-0.39, 0.29) is 11.6 Å². The molecule has 0 heterocycles. The molecule has 0 saturated heterocycles. The maximum absolute atomic E-state index is 11.5. The Balaban J connectivity index is 3.64. The third kappa shape index (κ3) is 6.04. The largest absolute Gasteiger partial charge is 0.356 e. The Morgan fingerprint density at radius 1 is 1.38 bits per heavy atom. The first-order valence-electron chi connectivity index (χ1n) is 5.21. The van der Waals surface area contributed by atoms with Crippen LogP contribution in [0.25, 0.3) is 0 Å². The molecule has 0 spiro atoms. The quantitative estimate of drug-likeness (QED) is 0.499. The molecule has 0 aliphatic heterocycles. The fourth-order valence-electron chi connectivity index (χ4n) is 1.21. The van der Waals surface area contributed by atoms with Crippen LogP contribution in [0.4, 0.5) is 0 Å². The molecule has 0 fully saturated rings. The maximum Gasteiger partial charge on any atom is 0.227 e. The average Bonchev–Trinajstić information content (AvgIpc) is 2.14. The van der Waals surface area contributed by atoms with Crippen molar-refractivity contribution >= 4 is 14.5 Å². The van der Waals surface area contributed by atoms with Crippen molar-refractivity contribution in [3.05, 3.63) is 0 Å². The summed E-state index contributed by atoms with van der Waals surface area (Å²) in [7, 11) is 0.736. The fraction of sp³-hybridized carbons (Fsp3) is 0.900. The first kappa shape index (κ1) is 12.9. The molecule has 78 valence electrons. The Bertz CT molecular complexity index is 139. The van der Waals surface area contributed by atoms with Crippen molar-refractivity contribution in [3.8, 4) is 0 Å². The molecule has 0 aromatic heterocycles. The molecular formula is C10H22NOP. The van der Waals surface area contributed by atoms with Crippen LogP contribution < -0.4 is 5.32 Å². The predicted octanol–water partition coefficient (Wildman–Crippen LogP) is 2.38. The standard InChI is InChI=1S/C10H22NOP/c1-4-6-8-11-10(12)9(13-3)7-5-2/h9,13H,4-8H2,1-3H3,(H,11,12). The maximum atomic E-state index is 11.5. The monoisotopic (exact) mass is 203 g/mol. The van der Waals surface area contributed by atoms with E-state index in [1.807, 2.05) is 0 Å². The topological polar surface area (TPSA) is 29.1 Å². The molecule has 0 bridgehead atoms. The van der Waals surface area contributed by atoms with E-state index < -0.39 is 0 Å². The Hall–Kier alpha value is -0.100. The Morgan fingerprint density at radius 3 is 2.54 bits per heavy atom. The Labute approximate surface area is 83.6 Å². The van der Waals surface area contributed by atoms with E-state index in [4.69, 9.17) is 0 Å². The number of hydrogen-bond donors (Lipinski definition) is 1. The van der Waals surface area contributed by atoms with Gasteiger partial charge in [0, 0.05) is 6.54 Å². The van der Waals surface area contributed by atoms with Crippen molar-refractivity contribution < 1.29 is 4.79 Å². The van der Waals surface area contributed by atoms with Gasteiger partial charge in [-0.3, -0.25) is 4.79 Å². The second-order valence-corrected chi connectivity index (χ2v) is 4.55. The molecular weight excluding hydrogens is 181 g/mol. The second-order valence-electron chi connectivity index (χ2n) is 3.27. The Kier molecular flexibility index (Phi) is 8.43. The van der Waals surface area contributed by atoms with Crippen LogP contribution in [-0.4, -0.2) is 24.8 Å². The van der Waals surface area contributed by atoms with Gasteiger partial charge < -0.3 is 5.32 Å². The van der Waals surface area contributed by atoms with E-state index in [0.29, 0.717) is 0 Å². The minimum atomic E-state index is 0.260. The molecule has 0 rings (SSSR count). The average molecular weight is 203 g/mol. The summed E-state index contributed by atoms with van der Waals surface area (Å²) < 4.78 is 0. The van der Waals surface area contributed by atoms with Gasteiger partial charge in [0.1, 0.15) is 0 Å². The highest BCUT2D eigenvalue weighted by atomic mass is 31.1. The van der Waals surface area contributed by atoms with E-state index in [0.717, 1.165) is 40.8 Å². The van der Waals surface area contributed by atoms with Crippen LogP contribution in [0.2, 0.25) is 0 Å². The van der Waals surface area contributed by atoms with Gasteiger partial charge in [0.05, 0.1) is 5.66 Å². The summed E-state index contributed by atoms with van der Waals surface area (Å²) in [5, 5.41) is 2.99. The van der Waals surface area contributed by atoms with Gasteiger partial charge in [0.2, 0.25) is 5.91 Å². The van der Waals surface area contributed by atoms with Gasteiger partial charge in [-0.05, 0) is 19.5 Å². The molecule has 3 heteroatoms. The summed E-state index contributed by atoms with van der Waals surface area (Å²) in [6.07, 6.45) is 4.38. The molecule has 0 radical (unpaired) electrons. The second kappa shape index (κ2) is 8.50. The van der Waals surface area contributed by atoms with Crippen LogP contribution in [-0.2, 0) is 4.79 Å². The highest BCUT2D eigenvalue weighted by molar-refractivity contribution is 7.39. The van der Waals surface area contributed by atoms with Crippen LogP contribution in [0.5, 0.6) is 0 Å². The Morgan fingerprint density at radius 2 is 2.08 bits per heavy atom. The summed E-state index contributed by atoms with van der Waals surface area (Å²) in [6.45, 7) is 7.23. The van der Waals surface area contributed by atoms with E-state index in [2.05, 4.69) is 25.8 Å². The molecule has 2 atom stereocenters. The number of carbonyl (C=O) groups is 1. The van der Waals surface area contributed by atoms with E-state index >= 15 is 0 Å². The first-order valence-corrected chi connectivity index (χ1v) is 6.78. The molecule has 0 aliphatic carbocycles. The summed E-state index contributed by atoms with van der Waals surface area (Å²) >= 11 is 0. The van der Waals surface area contributed by atoms with Crippen LogP contribution in [0.15, 0.2) is 0 Å². The van der Waals surface area contributed by atoms with E-state index in [1.165, 1.54) is 0 Å². The molecule has 0 saturated carbocycles. The highest BCUT2D eigenvalue weighted by Crippen LogP contribution is 2.18. The normalized spacial score (nSPS) is 13.5. The van der Waals surface area contributed by atoms with Gasteiger partial charge in [-0.1, -0.05) is 26.7 Å². The van der Waals surface area contributed by atoms with Crippen LogP contribution in [0.1, 0.15) is 39.5 Å². The van der Waals surface area contributed by atoms with Crippen LogP contribution >= 0.6 is 8.58 Å².